The number of hydrogen-bond acceptors (Lipinski definition) is 4. The summed E-state index contributed by atoms with van der Waals surface area (Å²) in [5.41, 5.74) is 2.30. The van der Waals surface area contributed by atoms with Gasteiger partial charge in [-0.2, -0.15) is 0 Å². The molecule has 3 aromatic rings. The average molecular weight is 337 g/mol. The second kappa shape index (κ2) is 7.61. The number of methoxy groups -OCH3 is 1. The lowest BCUT2D eigenvalue weighted by atomic mass is 10.2. The Morgan fingerprint density at radius 1 is 1.08 bits per heavy atom. The molecule has 6 heteroatoms. The lowest BCUT2D eigenvalue weighted by molar-refractivity contribution is -0.141. The molecule has 0 aliphatic heterocycles. The fourth-order valence-corrected chi connectivity index (χ4v) is 2.67. The fraction of sp³-hybridized carbons (Fsp3) is 0.211. The van der Waals surface area contributed by atoms with Crippen molar-refractivity contribution in [3.63, 3.8) is 0 Å². The lowest BCUT2D eigenvalue weighted by Gasteiger charge is -2.09. The number of carbonyl (C=O) groups is 2. The van der Waals surface area contributed by atoms with Gasteiger partial charge >= 0.3 is 5.97 Å². The first kappa shape index (κ1) is 16.7. The molecule has 25 heavy (non-hydrogen) atoms. The van der Waals surface area contributed by atoms with Crippen molar-refractivity contribution in [1.82, 2.24) is 14.9 Å². The van der Waals surface area contributed by atoms with Gasteiger partial charge in [0.15, 0.2) is 0 Å². The van der Waals surface area contributed by atoms with Crippen molar-refractivity contribution in [2.24, 2.45) is 0 Å². The van der Waals surface area contributed by atoms with E-state index in [9.17, 15) is 9.59 Å². The highest BCUT2D eigenvalue weighted by Crippen LogP contribution is 2.16. The molecule has 0 saturated heterocycles. The predicted octanol–water partition coefficient (Wildman–Crippen LogP) is 2.18. The molecule has 0 aliphatic carbocycles. The van der Waals surface area contributed by atoms with Crippen LogP contribution >= 0.6 is 0 Å². The number of amides is 1. The quantitative estimate of drug-likeness (QED) is 0.700. The first-order chi connectivity index (χ1) is 12.2. The number of benzene rings is 2. The molecule has 0 radical (unpaired) electrons. The summed E-state index contributed by atoms with van der Waals surface area (Å²) in [6.45, 7) is 0.525. The number of para-hydroxylation sites is 2. The summed E-state index contributed by atoms with van der Waals surface area (Å²) in [7, 11) is 1.36. The Morgan fingerprint density at radius 2 is 1.80 bits per heavy atom. The first-order valence-electron chi connectivity index (χ1n) is 8.03. The Kier molecular flexibility index (Phi) is 5.09. The van der Waals surface area contributed by atoms with Gasteiger partial charge in [-0.05, 0) is 24.3 Å². The third kappa shape index (κ3) is 3.85. The van der Waals surface area contributed by atoms with Gasteiger partial charge in [0.1, 0.15) is 12.4 Å². The Labute approximate surface area is 145 Å². The van der Waals surface area contributed by atoms with Crippen molar-refractivity contribution in [3.8, 4) is 0 Å². The number of carbonyl (C=O) groups excluding carboxylic acids is 2. The zero-order chi connectivity index (χ0) is 17.6. The van der Waals surface area contributed by atoms with Gasteiger partial charge in [-0.3, -0.25) is 9.59 Å². The molecule has 1 aromatic heterocycles. The molecule has 1 amide bonds. The van der Waals surface area contributed by atoms with E-state index >= 15 is 0 Å². The van der Waals surface area contributed by atoms with Crippen molar-refractivity contribution >= 4 is 22.9 Å². The topological polar surface area (TPSA) is 73.2 Å². The Balaban J connectivity index is 1.73. The molecule has 0 unspecified atom stereocenters. The minimum absolute atomic E-state index is 0.0962. The summed E-state index contributed by atoms with van der Waals surface area (Å²) in [6, 6.07) is 16.7. The molecule has 0 saturated carbocycles. The van der Waals surface area contributed by atoms with Gasteiger partial charge in [0.2, 0.25) is 0 Å². The van der Waals surface area contributed by atoms with E-state index in [-0.39, 0.29) is 18.4 Å². The summed E-state index contributed by atoms with van der Waals surface area (Å²) >= 11 is 0. The van der Waals surface area contributed by atoms with E-state index in [0.29, 0.717) is 18.5 Å². The smallest absolute Gasteiger partial charge is 0.325 e. The monoisotopic (exact) mass is 337 g/mol. The third-order valence-corrected chi connectivity index (χ3v) is 3.92. The molecule has 0 aliphatic rings. The predicted molar refractivity (Wildman–Crippen MR) is 94.2 cm³/mol. The van der Waals surface area contributed by atoms with Crippen LogP contribution in [0.3, 0.4) is 0 Å². The van der Waals surface area contributed by atoms with Crippen molar-refractivity contribution in [2.45, 2.75) is 13.0 Å². The molecular weight excluding hydrogens is 318 g/mol. The number of nitrogens with zero attached hydrogens (tertiary/aromatic N) is 2. The maximum atomic E-state index is 12.1. The molecular formula is C19H19N3O3. The number of fused-ring (bicyclic) bond motifs is 1. The minimum atomic E-state index is -0.335. The SMILES string of the molecule is COC(=O)Cn1c(CCNC(=O)c2ccccc2)nc2ccccc21. The van der Waals surface area contributed by atoms with E-state index in [0.717, 1.165) is 16.9 Å². The van der Waals surface area contributed by atoms with Gasteiger partial charge < -0.3 is 14.6 Å². The maximum absolute atomic E-state index is 12.1. The summed E-state index contributed by atoms with van der Waals surface area (Å²) in [5.74, 6) is 0.272. The van der Waals surface area contributed by atoms with Crippen molar-refractivity contribution in [1.29, 1.82) is 0 Å². The highest BCUT2D eigenvalue weighted by Gasteiger charge is 2.14. The largest absolute Gasteiger partial charge is 0.468 e. The molecule has 1 heterocycles. The van der Waals surface area contributed by atoms with Gasteiger partial charge in [-0.1, -0.05) is 30.3 Å². The maximum Gasteiger partial charge on any atom is 0.325 e. The van der Waals surface area contributed by atoms with Crippen LogP contribution in [0.1, 0.15) is 16.2 Å². The van der Waals surface area contributed by atoms with Crippen LogP contribution in [0.25, 0.3) is 11.0 Å². The number of imidazole rings is 1. The number of esters is 1. The molecule has 0 fully saturated rings. The molecule has 3 rings (SSSR count). The van der Waals surface area contributed by atoms with Gasteiger partial charge in [-0.15, -0.1) is 0 Å². The zero-order valence-corrected chi connectivity index (χ0v) is 13.9. The van der Waals surface area contributed by atoms with E-state index in [1.807, 2.05) is 47.0 Å². The summed E-state index contributed by atoms with van der Waals surface area (Å²) in [4.78, 5) is 28.4. The standard InChI is InChI=1S/C19H19N3O3/c1-25-18(23)13-22-16-10-6-5-9-15(16)21-17(22)11-12-20-19(24)14-7-3-2-4-8-14/h2-10H,11-13H2,1H3,(H,20,24). The Hall–Kier alpha value is -3.15. The van der Waals surface area contributed by atoms with Gasteiger partial charge in [-0.25, -0.2) is 4.98 Å². The van der Waals surface area contributed by atoms with Crippen molar-refractivity contribution in [3.05, 3.63) is 66.0 Å². The first-order valence-corrected chi connectivity index (χ1v) is 8.03. The van der Waals surface area contributed by atoms with E-state index in [4.69, 9.17) is 4.74 Å². The summed E-state index contributed by atoms with van der Waals surface area (Å²) in [5, 5.41) is 2.88. The van der Waals surface area contributed by atoms with Gasteiger partial charge in [0, 0.05) is 18.5 Å². The number of ether oxygens (including phenoxy) is 1. The van der Waals surface area contributed by atoms with Crippen molar-refractivity contribution < 1.29 is 14.3 Å². The second-order valence-corrected chi connectivity index (χ2v) is 5.55. The van der Waals surface area contributed by atoms with Crippen LogP contribution in [0.15, 0.2) is 54.6 Å². The third-order valence-electron chi connectivity index (χ3n) is 3.92. The molecule has 1 N–H and O–H groups in total. The second-order valence-electron chi connectivity index (χ2n) is 5.55. The van der Waals surface area contributed by atoms with Crippen LogP contribution in [-0.2, 0) is 22.5 Å². The highest BCUT2D eigenvalue weighted by molar-refractivity contribution is 5.94. The highest BCUT2D eigenvalue weighted by atomic mass is 16.5. The van der Waals surface area contributed by atoms with Crippen molar-refractivity contribution in [2.75, 3.05) is 13.7 Å². The Morgan fingerprint density at radius 3 is 2.56 bits per heavy atom. The van der Waals surface area contributed by atoms with E-state index in [1.54, 1.807) is 12.1 Å². The van der Waals surface area contributed by atoms with Crippen LogP contribution in [0.4, 0.5) is 0 Å². The summed E-state index contributed by atoms with van der Waals surface area (Å²) < 4.78 is 6.60. The van der Waals surface area contributed by atoms with Crippen LogP contribution in [0, 0.1) is 0 Å². The zero-order valence-electron chi connectivity index (χ0n) is 13.9. The molecule has 2 aromatic carbocycles. The van der Waals surface area contributed by atoms with Gasteiger partial charge in [0.25, 0.3) is 5.91 Å². The lowest BCUT2D eigenvalue weighted by Crippen LogP contribution is -2.26. The normalized spacial score (nSPS) is 10.6. The molecule has 0 spiro atoms. The molecule has 128 valence electrons. The minimum Gasteiger partial charge on any atom is -0.468 e. The summed E-state index contributed by atoms with van der Waals surface area (Å²) in [6.07, 6.45) is 0.518. The van der Waals surface area contributed by atoms with E-state index < -0.39 is 0 Å². The number of rotatable bonds is 6. The molecule has 0 atom stereocenters. The van der Waals surface area contributed by atoms with E-state index in [1.165, 1.54) is 7.11 Å². The van der Waals surface area contributed by atoms with Gasteiger partial charge in [0.05, 0.1) is 18.1 Å². The fourth-order valence-electron chi connectivity index (χ4n) is 2.67. The molecule has 0 bridgehead atoms. The Bertz CT molecular complexity index is 887. The number of aromatic nitrogens is 2. The van der Waals surface area contributed by atoms with Crippen LogP contribution in [0.2, 0.25) is 0 Å². The number of nitrogens with one attached hydrogen (secondary N) is 1. The number of hydrogen-bond donors (Lipinski definition) is 1. The van der Waals surface area contributed by atoms with Crippen LogP contribution < -0.4 is 5.32 Å². The average Bonchev–Trinajstić information content (AvgIpc) is 2.99. The van der Waals surface area contributed by atoms with E-state index in [2.05, 4.69) is 10.3 Å². The van der Waals surface area contributed by atoms with Crippen LogP contribution in [0.5, 0.6) is 0 Å². The van der Waals surface area contributed by atoms with Crippen LogP contribution in [-0.4, -0.2) is 35.1 Å². The molecule has 6 nitrogen and oxygen atoms in total.